The quantitative estimate of drug-likeness (QED) is 0.709. The predicted octanol–water partition coefficient (Wildman–Crippen LogP) is 4.01. The van der Waals surface area contributed by atoms with Crippen LogP contribution in [0.4, 0.5) is 0 Å². The van der Waals surface area contributed by atoms with Crippen molar-refractivity contribution in [3.63, 3.8) is 0 Å². The third kappa shape index (κ3) is 3.06. The molecule has 4 heteroatoms. The number of amides is 1. The molecule has 0 spiro atoms. The van der Waals surface area contributed by atoms with Gasteiger partial charge in [-0.1, -0.05) is 31.5 Å². The first-order chi connectivity index (χ1) is 10.8. The predicted molar refractivity (Wildman–Crippen MR) is 89.4 cm³/mol. The summed E-state index contributed by atoms with van der Waals surface area (Å²) >= 11 is 0. The molecule has 3 rings (SSSR count). The van der Waals surface area contributed by atoms with Crippen molar-refractivity contribution < 1.29 is 4.79 Å². The van der Waals surface area contributed by atoms with Gasteiger partial charge in [0.15, 0.2) is 0 Å². The second-order valence-electron chi connectivity index (χ2n) is 5.59. The van der Waals surface area contributed by atoms with Gasteiger partial charge >= 0.3 is 0 Å². The van der Waals surface area contributed by atoms with Gasteiger partial charge in [0, 0.05) is 35.8 Å². The van der Waals surface area contributed by atoms with Gasteiger partial charge in [-0.2, -0.15) is 0 Å². The van der Waals surface area contributed by atoms with Gasteiger partial charge in [-0.15, -0.1) is 0 Å². The number of carbonyl (C=O) groups excluding carboxylic acids is 1. The number of nitrogens with one attached hydrogen (secondary N) is 2. The summed E-state index contributed by atoms with van der Waals surface area (Å²) in [6, 6.07) is 14.1. The SMILES string of the molecule is CCCC(CC(=O)Nn1ccc2ccccc21)c1ccc[nH]1. The van der Waals surface area contributed by atoms with Crippen molar-refractivity contribution in [1.29, 1.82) is 0 Å². The fourth-order valence-corrected chi connectivity index (χ4v) is 2.90. The maximum atomic E-state index is 12.4. The molecule has 0 aliphatic rings. The fourth-order valence-electron chi connectivity index (χ4n) is 2.90. The molecular weight excluding hydrogens is 274 g/mol. The van der Waals surface area contributed by atoms with Crippen LogP contribution in [0.1, 0.15) is 37.8 Å². The number of carbonyl (C=O) groups is 1. The molecule has 1 aromatic carbocycles. The molecule has 0 saturated heterocycles. The molecule has 3 aromatic rings. The van der Waals surface area contributed by atoms with Gasteiger partial charge in [-0.3, -0.25) is 14.9 Å². The molecule has 2 N–H and O–H groups in total. The monoisotopic (exact) mass is 295 g/mol. The lowest BCUT2D eigenvalue weighted by molar-refractivity contribution is -0.117. The molecule has 1 unspecified atom stereocenters. The Morgan fingerprint density at radius 2 is 2.09 bits per heavy atom. The molecule has 1 amide bonds. The Morgan fingerprint density at radius 1 is 1.23 bits per heavy atom. The van der Waals surface area contributed by atoms with Crippen LogP contribution in [-0.4, -0.2) is 15.6 Å². The highest BCUT2D eigenvalue weighted by Crippen LogP contribution is 2.23. The van der Waals surface area contributed by atoms with Crippen LogP contribution >= 0.6 is 0 Å². The lowest BCUT2D eigenvalue weighted by Crippen LogP contribution is -2.23. The lowest BCUT2D eigenvalue weighted by atomic mass is 9.96. The average molecular weight is 295 g/mol. The van der Waals surface area contributed by atoms with E-state index in [1.807, 2.05) is 48.8 Å². The number of H-pyrrole nitrogens is 1. The summed E-state index contributed by atoms with van der Waals surface area (Å²) in [4.78, 5) is 15.6. The molecule has 114 valence electrons. The standard InChI is InChI=1S/C18H21N3O/c1-2-6-15(16-8-5-11-19-16)13-18(22)20-21-12-10-14-7-3-4-9-17(14)21/h3-5,7-12,15,19H,2,6,13H2,1H3,(H,20,22). The second-order valence-corrected chi connectivity index (χ2v) is 5.59. The minimum atomic E-state index is 0.0365. The van der Waals surface area contributed by atoms with Gasteiger partial charge in [0.05, 0.1) is 5.52 Å². The Morgan fingerprint density at radius 3 is 2.86 bits per heavy atom. The van der Waals surface area contributed by atoms with Crippen molar-refractivity contribution in [3.05, 3.63) is 60.6 Å². The van der Waals surface area contributed by atoms with Crippen molar-refractivity contribution in [2.45, 2.75) is 32.1 Å². The van der Waals surface area contributed by atoms with Crippen LogP contribution in [0.5, 0.6) is 0 Å². The summed E-state index contributed by atoms with van der Waals surface area (Å²) in [5, 5.41) is 1.12. The van der Waals surface area contributed by atoms with Crippen molar-refractivity contribution in [1.82, 2.24) is 9.66 Å². The minimum absolute atomic E-state index is 0.0365. The molecular formula is C18H21N3O. The normalized spacial score (nSPS) is 12.4. The van der Waals surface area contributed by atoms with Crippen molar-refractivity contribution in [3.8, 4) is 0 Å². The Kier molecular flexibility index (Phi) is 4.28. The smallest absolute Gasteiger partial charge is 0.239 e. The van der Waals surface area contributed by atoms with Crippen LogP contribution < -0.4 is 5.43 Å². The van der Waals surface area contributed by atoms with Crippen molar-refractivity contribution >= 4 is 16.8 Å². The summed E-state index contributed by atoms with van der Waals surface area (Å²) in [5.74, 6) is 0.274. The molecule has 2 aromatic heterocycles. The fraction of sp³-hybridized carbons (Fsp3) is 0.278. The van der Waals surface area contributed by atoms with E-state index in [1.165, 1.54) is 0 Å². The molecule has 0 saturated carbocycles. The van der Waals surface area contributed by atoms with E-state index >= 15 is 0 Å². The number of aromatic nitrogens is 2. The number of nitrogens with zero attached hydrogens (tertiary/aromatic N) is 1. The summed E-state index contributed by atoms with van der Waals surface area (Å²) < 4.78 is 1.80. The van der Waals surface area contributed by atoms with Crippen molar-refractivity contribution in [2.24, 2.45) is 0 Å². The van der Waals surface area contributed by atoms with Crippen LogP contribution in [0.25, 0.3) is 10.9 Å². The second kappa shape index (κ2) is 6.52. The van der Waals surface area contributed by atoms with E-state index in [0.29, 0.717) is 6.42 Å². The maximum absolute atomic E-state index is 12.4. The molecule has 2 heterocycles. The Labute approximate surface area is 130 Å². The van der Waals surface area contributed by atoms with Crippen LogP contribution in [0.3, 0.4) is 0 Å². The number of aromatic amines is 1. The van der Waals surface area contributed by atoms with E-state index in [0.717, 1.165) is 29.4 Å². The Bertz CT molecular complexity index is 743. The summed E-state index contributed by atoms with van der Waals surface area (Å²) in [5.41, 5.74) is 5.13. The summed E-state index contributed by atoms with van der Waals surface area (Å²) in [7, 11) is 0. The number of hydrogen-bond donors (Lipinski definition) is 2. The summed E-state index contributed by atoms with van der Waals surface area (Å²) in [6.07, 6.45) is 6.35. The van der Waals surface area contributed by atoms with Crippen LogP contribution in [0.2, 0.25) is 0 Å². The third-order valence-electron chi connectivity index (χ3n) is 3.98. The van der Waals surface area contributed by atoms with E-state index in [9.17, 15) is 4.79 Å². The third-order valence-corrected chi connectivity index (χ3v) is 3.98. The van der Waals surface area contributed by atoms with E-state index in [4.69, 9.17) is 0 Å². The first kappa shape index (κ1) is 14.4. The van der Waals surface area contributed by atoms with E-state index in [1.54, 1.807) is 4.68 Å². The van der Waals surface area contributed by atoms with Gasteiger partial charge in [-0.25, -0.2) is 0 Å². The van der Waals surface area contributed by atoms with Crippen LogP contribution in [-0.2, 0) is 4.79 Å². The maximum Gasteiger partial charge on any atom is 0.239 e. The molecule has 4 nitrogen and oxygen atoms in total. The molecule has 22 heavy (non-hydrogen) atoms. The molecule has 1 atom stereocenters. The average Bonchev–Trinajstić information content (AvgIpc) is 3.17. The number of para-hydroxylation sites is 1. The van der Waals surface area contributed by atoms with Crippen LogP contribution in [0, 0.1) is 0 Å². The lowest BCUT2D eigenvalue weighted by Gasteiger charge is -2.15. The first-order valence-corrected chi connectivity index (χ1v) is 7.77. The van der Waals surface area contributed by atoms with E-state index < -0.39 is 0 Å². The van der Waals surface area contributed by atoms with Gasteiger partial charge in [0.25, 0.3) is 0 Å². The van der Waals surface area contributed by atoms with Gasteiger partial charge in [-0.05, 0) is 30.7 Å². The zero-order valence-electron chi connectivity index (χ0n) is 12.8. The number of rotatable bonds is 6. The Balaban J connectivity index is 1.71. The first-order valence-electron chi connectivity index (χ1n) is 7.77. The Hall–Kier alpha value is -2.49. The minimum Gasteiger partial charge on any atom is -0.365 e. The highest BCUT2D eigenvalue weighted by molar-refractivity contribution is 5.88. The molecule has 0 aliphatic heterocycles. The van der Waals surface area contributed by atoms with Gasteiger partial charge < -0.3 is 4.98 Å². The number of fused-ring (bicyclic) bond motifs is 1. The largest absolute Gasteiger partial charge is 0.365 e. The van der Waals surface area contributed by atoms with Gasteiger partial charge in [0.2, 0.25) is 5.91 Å². The molecule has 0 radical (unpaired) electrons. The molecule has 0 fully saturated rings. The highest BCUT2D eigenvalue weighted by Gasteiger charge is 2.16. The number of benzene rings is 1. The number of hydrogen-bond acceptors (Lipinski definition) is 1. The highest BCUT2D eigenvalue weighted by atomic mass is 16.2. The van der Waals surface area contributed by atoms with E-state index in [-0.39, 0.29) is 11.8 Å². The van der Waals surface area contributed by atoms with Crippen molar-refractivity contribution in [2.75, 3.05) is 5.43 Å². The zero-order chi connectivity index (χ0) is 15.4. The topological polar surface area (TPSA) is 49.8 Å². The zero-order valence-corrected chi connectivity index (χ0v) is 12.8. The van der Waals surface area contributed by atoms with Crippen LogP contribution in [0.15, 0.2) is 54.9 Å². The summed E-state index contributed by atoms with van der Waals surface area (Å²) in [6.45, 7) is 2.15. The van der Waals surface area contributed by atoms with E-state index in [2.05, 4.69) is 23.4 Å². The molecule has 0 bridgehead atoms. The van der Waals surface area contributed by atoms with Gasteiger partial charge in [0.1, 0.15) is 0 Å². The molecule has 0 aliphatic carbocycles.